The van der Waals surface area contributed by atoms with Gasteiger partial charge < -0.3 is 19.7 Å². The predicted molar refractivity (Wildman–Crippen MR) is 60.0 cm³/mol. The molecule has 0 fully saturated rings. The van der Waals surface area contributed by atoms with Crippen LogP contribution in [0, 0.1) is 0 Å². The quantitative estimate of drug-likeness (QED) is 0.680. The number of hydrogen-bond acceptors (Lipinski definition) is 4. The first-order valence-corrected chi connectivity index (χ1v) is 5.31. The zero-order valence-electron chi connectivity index (χ0n) is 9.21. The highest BCUT2D eigenvalue weighted by molar-refractivity contribution is 5.13. The first-order chi connectivity index (χ1) is 7.86. The largest absolute Gasteiger partial charge is 0.394 e. The number of aliphatic hydroxyl groups is 2. The van der Waals surface area contributed by atoms with E-state index in [2.05, 4.69) is 0 Å². The van der Waals surface area contributed by atoms with Crippen LogP contribution in [-0.2, 0) is 16.1 Å². The molecule has 0 aromatic heterocycles. The van der Waals surface area contributed by atoms with Crippen molar-refractivity contribution in [3.63, 3.8) is 0 Å². The molecule has 0 aliphatic heterocycles. The summed E-state index contributed by atoms with van der Waals surface area (Å²) in [4.78, 5) is 0. The minimum Gasteiger partial charge on any atom is -0.394 e. The molecule has 0 bridgehead atoms. The van der Waals surface area contributed by atoms with E-state index < -0.39 is 0 Å². The van der Waals surface area contributed by atoms with Crippen molar-refractivity contribution in [2.24, 2.45) is 0 Å². The van der Waals surface area contributed by atoms with E-state index in [4.69, 9.17) is 19.7 Å². The minimum atomic E-state index is -0.365. The van der Waals surface area contributed by atoms with Crippen LogP contribution in [0.3, 0.4) is 0 Å². The van der Waals surface area contributed by atoms with Crippen LogP contribution in [0.15, 0.2) is 30.3 Å². The summed E-state index contributed by atoms with van der Waals surface area (Å²) in [5, 5.41) is 17.5. The second-order valence-corrected chi connectivity index (χ2v) is 3.40. The van der Waals surface area contributed by atoms with Gasteiger partial charge in [0.2, 0.25) is 0 Å². The Morgan fingerprint density at radius 3 is 2.50 bits per heavy atom. The monoisotopic (exact) mass is 226 g/mol. The molecule has 0 amide bonds. The highest BCUT2D eigenvalue weighted by atomic mass is 16.5. The van der Waals surface area contributed by atoms with Crippen molar-refractivity contribution in [2.45, 2.75) is 12.7 Å². The van der Waals surface area contributed by atoms with Crippen molar-refractivity contribution in [3.05, 3.63) is 35.9 Å². The lowest BCUT2D eigenvalue weighted by Crippen LogP contribution is -2.25. The summed E-state index contributed by atoms with van der Waals surface area (Å²) in [6.45, 7) is 0.898. The molecule has 1 aromatic rings. The van der Waals surface area contributed by atoms with E-state index in [0.29, 0.717) is 13.2 Å². The smallest absolute Gasteiger partial charge is 0.104 e. The molecular formula is C12H18O4. The van der Waals surface area contributed by atoms with Gasteiger partial charge in [0.05, 0.1) is 33.0 Å². The summed E-state index contributed by atoms with van der Waals surface area (Å²) < 4.78 is 10.6. The van der Waals surface area contributed by atoms with Gasteiger partial charge in [-0.25, -0.2) is 0 Å². The van der Waals surface area contributed by atoms with Crippen molar-refractivity contribution in [3.8, 4) is 0 Å². The standard InChI is InChI=1S/C12H18O4/c13-6-7-16-12(8-14)10-15-9-11-4-2-1-3-5-11/h1-5,12-14H,6-10H2/t12-/m1/s1. The van der Waals surface area contributed by atoms with Crippen LogP contribution < -0.4 is 0 Å². The van der Waals surface area contributed by atoms with Crippen LogP contribution in [0.1, 0.15) is 5.56 Å². The second kappa shape index (κ2) is 8.24. The molecule has 4 nitrogen and oxygen atoms in total. The predicted octanol–water partition coefficient (Wildman–Crippen LogP) is 0.573. The van der Waals surface area contributed by atoms with E-state index in [-0.39, 0.29) is 25.9 Å². The molecule has 90 valence electrons. The van der Waals surface area contributed by atoms with Gasteiger partial charge in [0, 0.05) is 0 Å². The van der Waals surface area contributed by atoms with Crippen molar-refractivity contribution in [1.29, 1.82) is 0 Å². The third kappa shape index (κ3) is 5.23. The van der Waals surface area contributed by atoms with Crippen molar-refractivity contribution < 1.29 is 19.7 Å². The molecule has 1 atom stereocenters. The van der Waals surface area contributed by atoms with Gasteiger partial charge in [-0.2, -0.15) is 0 Å². The third-order valence-electron chi connectivity index (χ3n) is 2.06. The maximum absolute atomic E-state index is 8.96. The first-order valence-electron chi connectivity index (χ1n) is 5.31. The Labute approximate surface area is 95.4 Å². The maximum Gasteiger partial charge on any atom is 0.104 e. The molecular weight excluding hydrogens is 208 g/mol. The molecule has 0 aliphatic rings. The minimum absolute atomic E-state index is 0.0464. The van der Waals surface area contributed by atoms with Crippen molar-refractivity contribution >= 4 is 0 Å². The molecule has 0 saturated heterocycles. The van der Waals surface area contributed by atoms with Crippen molar-refractivity contribution in [1.82, 2.24) is 0 Å². The Morgan fingerprint density at radius 2 is 1.88 bits per heavy atom. The lowest BCUT2D eigenvalue weighted by molar-refractivity contribution is -0.0546. The number of hydrogen-bond donors (Lipinski definition) is 2. The van der Waals surface area contributed by atoms with Gasteiger partial charge in [0.1, 0.15) is 6.10 Å². The lowest BCUT2D eigenvalue weighted by atomic mass is 10.2. The van der Waals surface area contributed by atoms with Crippen LogP contribution >= 0.6 is 0 Å². The molecule has 0 radical (unpaired) electrons. The second-order valence-electron chi connectivity index (χ2n) is 3.40. The normalized spacial score (nSPS) is 12.6. The Balaban J connectivity index is 2.18. The molecule has 2 N–H and O–H groups in total. The fourth-order valence-corrected chi connectivity index (χ4v) is 1.26. The van der Waals surface area contributed by atoms with Gasteiger partial charge in [-0.05, 0) is 5.56 Å². The van der Waals surface area contributed by atoms with Gasteiger partial charge in [0.15, 0.2) is 0 Å². The van der Waals surface area contributed by atoms with E-state index in [0.717, 1.165) is 5.56 Å². The van der Waals surface area contributed by atoms with Crippen LogP contribution in [-0.4, -0.2) is 42.7 Å². The average molecular weight is 226 g/mol. The number of aliphatic hydroxyl groups excluding tert-OH is 2. The molecule has 0 unspecified atom stereocenters. The van der Waals surface area contributed by atoms with Crippen LogP contribution in [0.25, 0.3) is 0 Å². The molecule has 0 saturated carbocycles. The molecule has 0 spiro atoms. The van der Waals surface area contributed by atoms with Crippen molar-refractivity contribution in [2.75, 3.05) is 26.4 Å². The Bertz CT molecular complexity index is 263. The van der Waals surface area contributed by atoms with Crippen LogP contribution in [0.4, 0.5) is 0 Å². The molecule has 0 aliphatic carbocycles. The Hall–Kier alpha value is -0.940. The average Bonchev–Trinajstić information content (AvgIpc) is 2.35. The first kappa shape index (κ1) is 13.1. The molecule has 1 rings (SSSR count). The maximum atomic E-state index is 8.96. The van der Waals surface area contributed by atoms with E-state index in [1.54, 1.807) is 0 Å². The highest BCUT2D eigenvalue weighted by Crippen LogP contribution is 2.02. The van der Waals surface area contributed by atoms with Gasteiger partial charge in [-0.1, -0.05) is 30.3 Å². The van der Waals surface area contributed by atoms with Crippen LogP contribution in [0.5, 0.6) is 0 Å². The summed E-state index contributed by atoms with van der Waals surface area (Å²) in [5.41, 5.74) is 1.08. The zero-order valence-corrected chi connectivity index (χ0v) is 9.21. The summed E-state index contributed by atoms with van der Waals surface area (Å²) in [5.74, 6) is 0. The van der Waals surface area contributed by atoms with Gasteiger partial charge in [-0.3, -0.25) is 0 Å². The van der Waals surface area contributed by atoms with Gasteiger partial charge in [-0.15, -0.1) is 0 Å². The van der Waals surface area contributed by atoms with Gasteiger partial charge in [0.25, 0.3) is 0 Å². The molecule has 4 heteroatoms. The Kier molecular flexibility index (Phi) is 6.76. The summed E-state index contributed by atoms with van der Waals surface area (Å²) in [6, 6.07) is 9.80. The fourth-order valence-electron chi connectivity index (χ4n) is 1.26. The summed E-state index contributed by atoms with van der Waals surface area (Å²) >= 11 is 0. The van der Waals surface area contributed by atoms with E-state index in [1.807, 2.05) is 30.3 Å². The topological polar surface area (TPSA) is 58.9 Å². The zero-order chi connectivity index (χ0) is 11.6. The molecule has 16 heavy (non-hydrogen) atoms. The van der Waals surface area contributed by atoms with Gasteiger partial charge >= 0.3 is 0 Å². The Morgan fingerprint density at radius 1 is 1.12 bits per heavy atom. The van der Waals surface area contributed by atoms with Crippen LogP contribution in [0.2, 0.25) is 0 Å². The molecule has 0 heterocycles. The number of benzene rings is 1. The number of ether oxygens (including phenoxy) is 2. The lowest BCUT2D eigenvalue weighted by Gasteiger charge is -2.14. The fraction of sp³-hybridized carbons (Fsp3) is 0.500. The summed E-state index contributed by atoms with van der Waals surface area (Å²) in [6.07, 6.45) is -0.365. The van der Waals surface area contributed by atoms with E-state index in [1.165, 1.54) is 0 Å². The SMILES string of the molecule is OCCO[C@H](CO)COCc1ccccc1. The summed E-state index contributed by atoms with van der Waals surface area (Å²) in [7, 11) is 0. The van der Waals surface area contributed by atoms with E-state index in [9.17, 15) is 0 Å². The molecule has 1 aromatic carbocycles. The number of rotatable bonds is 8. The van der Waals surface area contributed by atoms with E-state index >= 15 is 0 Å². The highest BCUT2D eigenvalue weighted by Gasteiger charge is 2.07. The third-order valence-corrected chi connectivity index (χ3v) is 2.06.